The van der Waals surface area contributed by atoms with Crippen LogP contribution in [0, 0.1) is 0 Å². The fraction of sp³-hybridized carbons (Fsp3) is 0.421. The van der Waals surface area contributed by atoms with Crippen molar-refractivity contribution in [3.63, 3.8) is 0 Å². The first-order valence-corrected chi connectivity index (χ1v) is 11.2. The Morgan fingerprint density at radius 1 is 1.07 bits per heavy atom. The highest BCUT2D eigenvalue weighted by molar-refractivity contribution is 7.99. The van der Waals surface area contributed by atoms with Crippen molar-refractivity contribution < 1.29 is 24.5 Å². The molecule has 1 aliphatic rings. The number of carboxylic acid groups (broad SMARTS) is 2. The number of ether oxygens (including phenoxy) is 1. The molecular formula is C19H23Cl2N3O5S. The summed E-state index contributed by atoms with van der Waals surface area (Å²) in [7, 11) is 0. The number of carbonyl (C=O) groups is 2. The Balaban J connectivity index is 0.000000469. The molecule has 0 amide bonds. The van der Waals surface area contributed by atoms with Crippen LogP contribution in [0.4, 0.5) is 0 Å². The van der Waals surface area contributed by atoms with Crippen LogP contribution >= 0.6 is 35.0 Å². The van der Waals surface area contributed by atoms with Gasteiger partial charge in [-0.05, 0) is 37.6 Å². The predicted octanol–water partition coefficient (Wildman–Crippen LogP) is 3.54. The molecular weight excluding hydrogens is 453 g/mol. The summed E-state index contributed by atoms with van der Waals surface area (Å²) in [6.45, 7) is 4.31. The van der Waals surface area contributed by atoms with Gasteiger partial charge in [0.2, 0.25) is 5.88 Å². The van der Waals surface area contributed by atoms with Crippen LogP contribution in [0.2, 0.25) is 10.0 Å². The number of benzene rings is 1. The van der Waals surface area contributed by atoms with Gasteiger partial charge in [0.25, 0.3) is 0 Å². The zero-order valence-electron chi connectivity index (χ0n) is 16.2. The van der Waals surface area contributed by atoms with Crippen molar-refractivity contribution >= 4 is 46.9 Å². The van der Waals surface area contributed by atoms with Crippen molar-refractivity contribution in [2.75, 3.05) is 37.7 Å². The van der Waals surface area contributed by atoms with Crippen molar-refractivity contribution in [3.8, 4) is 11.6 Å². The molecule has 11 heteroatoms. The zero-order chi connectivity index (χ0) is 21.9. The quantitative estimate of drug-likeness (QED) is 0.462. The van der Waals surface area contributed by atoms with Crippen LogP contribution < -0.4 is 4.74 Å². The van der Waals surface area contributed by atoms with Gasteiger partial charge in [0, 0.05) is 36.9 Å². The van der Waals surface area contributed by atoms with Crippen LogP contribution in [0.15, 0.2) is 30.5 Å². The molecule has 1 aromatic carbocycles. The van der Waals surface area contributed by atoms with Crippen molar-refractivity contribution in [2.45, 2.75) is 12.8 Å². The SMILES string of the molecule is Clc1ccc(-n2ccc(OCCCCN3CCSCC3)n2)cc1Cl.O=C(O)C(=O)O. The third-order valence-electron chi connectivity index (χ3n) is 4.14. The summed E-state index contributed by atoms with van der Waals surface area (Å²) in [6, 6.07) is 7.30. The average Bonchev–Trinajstić information content (AvgIpc) is 3.20. The van der Waals surface area contributed by atoms with E-state index in [4.69, 9.17) is 47.7 Å². The van der Waals surface area contributed by atoms with Gasteiger partial charge < -0.3 is 19.8 Å². The summed E-state index contributed by atoms with van der Waals surface area (Å²) < 4.78 is 7.48. The highest BCUT2D eigenvalue weighted by Gasteiger charge is 2.09. The molecule has 0 spiro atoms. The summed E-state index contributed by atoms with van der Waals surface area (Å²) in [6.07, 6.45) is 4.07. The normalized spacial score (nSPS) is 13.9. The third-order valence-corrected chi connectivity index (χ3v) is 5.82. The Morgan fingerprint density at radius 3 is 2.40 bits per heavy atom. The van der Waals surface area contributed by atoms with Crippen LogP contribution in [-0.2, 0) is 9.59 Å². The van der Waals surface area contributed by atoms with E-state index in [1.54, 1.807) is 16.8 Å². The molecule has 30 heavy (non-hydrogen) atoms. The molecule has 0 atom stereocenters. The van der Waals surface area contributed by atoms with Gasteiger partial charge in [0.1, 0.15) is 0 Å². The Labute approximate surface area is 188 Å². The molecule has 1 saturated heterocycles. The van der Waals surface area contributed by atoms with Crippen molar-refractivity contribution in [3.05, 3.63) is 40.5 Å². The lowest BCUT2D eigenvalue weighted by atomic mass is 10.3. The first-order valence-electron chi connectivity index (χ1n) is 9.27. The molecule has 1 aliphatic heterocycles. The summed E-state index contributed by atoms with van der Waals surface area (Å²) >= 11 is 14.0. The minimum absolute atomic E-state index is 0.517. The van der Waals surface area contributed by atoms with Crippen LogP contribution in [0.1, 0.15) is 12.8 Å². The fourth-order valence-corrected chi connectivity index (χ4v) is 3.87. The molecule has 2 aromatic rings. The molecule has 0 saturated carbocycles. The largest absolute Gasteiger partial charge is 0.477 e. The van der Waals surface area contributed by atoms with Crippen molar-refractivity contribution in [2.24, 2.45) is 0 Å². The standard InChI is InChI=1S/C17H21Cl2N3OS.C2H2O4/c18-15-4-3-14(13-16(15)19)22-7-5-17(20-22)23-10-2-1-6-21-8-11-24-12-9-21;3-1(4)2(5)6/h3-5,7,13H,1-2,6,8-12H2;(H,3,4)(H,5,6). The van der Waals surface area contributed by atoms with Gasteiger partial charge in [-0.15, -0.1) is 5.10 Å². The number of thioether (sulfide) groups is 1. The molecule has 0 bridgehead atoms. The molecule has 2 N–H and O–H groups in total. The van der Waals surface area contributed by atoms with E-state index in [1.165, 1.54) is 31.1 Å². The van der Waals surface area contributed by atoms with E-state index in [9.17, 15) is 0 Å². The average molecular weight is 476 g/mol. The highest BCUT2D eigenvalue weighted by atomic mass is 35.5. The second-order valence-corrected chi connectivity index (χ2v) is 8.36. The smallest absolute Gasteiger partial charge is 0.414 e. The monoisotopic (exact) mass is 475 g/mol. The van der Waals surface area contributed by atoms with Crippen molar-refractivity contribution in [1.29, 1.82) is 0 Å². The first kappa shape index (κ1) is 24.3. The second-order valence-electron chi connectivity index (χ2n) is 6.32. The molecule has 0 radical (unpaired) electrons. The number of unbranched alkanes of at least 4 members (excludes halogenated alkanes) is 1. The zero-order valence-corrected chi connectivity index (χ0v) is 18.5. The van der Waals surface area contributed by atoms with Gasteiger partial charge in [-0.25, -0.2) is 14.3 Å². The van der Waals surface area contributed by atoms with E-state index in [0.717, 1.165) is 18.5 Å². The number of nitrogens with zero attached hydrogens (tertiary/aromatic N) is 3. The van der Waals surface area contributed by atoms with Crippen LogP contribution in [-0.4, -0.2) is 74.6 Å². The summed E-state index contributed by atoms with van der Waals surface area (Å²) in [5, 5.41) is 20.3. The molecule has 0 unspecified atom stereocenters. The van der Waals surface area contributed by atoms with E-state index in [2.05, 4.69) is 10.00 Å². The summed E-state index contributed by atoms with van der Waals surface area (Å²) in [5.41, 5.74) is 0.863. The molecule has 1 fully saturated rings. The van der Waals surface area contributed by atoms with Crippen molar-refractivity contribution in [1.82, 2.24) is 14.7 Å². The number of aliphatic carboxylic acids is 2. The third kappa shape index (κ3) is 8.43. The maximum Gasteiger partial charge on any atom is 0.414 e. The van der Waals surface area contributed by atoms with E-state index >= 15 is 0 Å². The van der Waals surface area contributed by atoms with Gasteiger partial charge in [0.05, 0.1) is 22.3 Å². The lowest BCUT2D eigenvalue weighted by Crippen LogP contribution is -2.33. The van der Waals surface area contributed by atoms with Crippen LogP contribution in [0.3, 0.4) is 0 Å². The minimum atomic E-state index is -1.82. The van der Waals surface area contributed by atoms with E-state index in [1.807, 2.05) is 30.1 Å². The van der Waals surface area contributed by atoms with Gasteiger partial charge in [0.15, 0.2) is 0 Å². The van der Waals surface area contributed by atoms with Crippen LogP contribution in [0.5, 0.6) is 5.88 Å². The lowest BCUT2D eigenvalue weighted by Gasteiger charge is -2.25. The molecule has 8 nitrogen and oxygen atoms in total. The fourth-order valence-electron chi connectivity index (χ4n) is 2.59. The highest BCUT2D eigenvalue weighted by Crippen LogP contribution is 2.24. The number of aromatic nitrogens is 2. The van der Waals surface area contributed by atoms with E-state index < -0.39 is 11.9 Å². The summed E-state index contributed by atoms with van der Waals surface area (Å²) in [4.78, 5) is 20.7. The maximum atomic E-state index is 9.10. The molecule has 2 heterocycles. The van der Waals surface area contributed by atoms with Crippen LogP contribution in [0.25, 0.3) is 5.69 Å². The maximum absolute atomic E-state index is 9.10. The molecule has 3 rings (SSSR count). The van der Waals surface area contributed by atoms with Gasteiger partial charge >= 0.3 is 11.9 Å². The lowest BCUT2D eigenvalue weighted by molar-refractivity contribution is -0.159. The predicted molar refractivity (Wildman–Crippen MR) is 117 cm³/mol. The van der Waals surface area contributed by atoms with Gasteiger partial charge in [-0.1, -0.05) is 23.2 Å². The molecule has 0 aliphatic carbocycles. The minimum Gasteiger partial charge on any atom is -0.477 e. The number of hydrogen-bond donors (Lipinski definition) is 2. The Bertz CT molecular complexity index is 831. The van der Waals surface area contributed by atoms with E-state index in [0.29, 0.717) is 22.5 Å². The van der Waals surface area contributed by atoms with Gasteiger partial charge in [-0.3, -0.25) is 0 Å². The molecule has 164 valence electrons. The topological polar surface area (TPSA) is 105 Å². The number of carboxylic acids is 2. The number of hydrogen-bond acceptors (Lipinski definition) is 6. The molecule has 1 aromatic heterocycles. The van der Waals surface area contributed by atoms with Gasteiger partial charge in [-0.2, -0.15) is 11.8 Å². The number of halogens is 2. The second kappa shape index (κ2) is 12.7. The Morgan fingerprint density at radius 2 is 1.77 bits per heavy atom. The Kier molecular flexibility index (Phi) is 10.3. The Hall–Kier alpha value is -1.94. The summed E-state index contributed by atoms with van der Waals surface area (Å²) in [5.74, 6) is -0.480. The van der Waals surface area contributed by atoms with E-state index in [-0.39, 0.29) is 0 Å². The number of rotatable bonds is 7. The first-order chi connectivity index (χ1) is 14.4.